The molecule has 0 heterocycles. The third-order valence-electron chi connectivity index (χ3n) is 5.04. The number of carbonyl (C=O) groups is 1. The number of hydrogen-bond acceptors (Lipinski definition) is 4. The number of hydrogen-bond donors (Lipinski definition) is 2. The molecule has 0 aromatic heterocycles. The first-order valence-electron chi connectivity index (χ1n) is 6.71. The average Bonchev–Trinajstić information content (AvgIpc) is 2.25. The van der Waals surface area contributed by atoms with Crippen LogP contribution >= 0.6 is 0 Å². The van der Waals surface area contributed by atoms with Crippen LogP contribution in [0.15, 0.2) is 12.7 Å². The second kappa shape index (κ2) is 3.81. The second-order valence-electron chi connectivity index (χ2n) is 6.35. The second-order valence-corrected chi connectivity index (χ2v) is 6.35. The van der Waals surface area contributed by atoms with Crippen LogP contribution in [-0.4, -0.2) is 33.5 Å². The van der Waals surface area contributed by atoms with E-state index >= 15 is 0 Å². The van der Waals surface area contributed by atoms with Gasteiger partial charge in [0.15, 0.2) is 0 Å². The molecule has 3 aliphatic rings. The summed E-state index contributed by atoms with van der Waals surface area (Å²) in [6.45, 7) is 3.41. The van der Waals surface area contributed by atoms with Gasteiger partial charge in [0.25, 0.3) is 0 Å². The van der Waals surface area contributed by atoms with Gasteiger partial charge in [-0.15, -0.1) is 0 Å². The summed E-state index contributed by atoms with van der Waals surface area (Å²) in [6, 6.07) is 0. The van der Waals surface area contributed by atoms with Gasteiger partial charge in [-0.3, -0.25) is 0 Å². The van der Waals surface area contributed by atoms with Crippen LogP contribution in [0.2, 0.25) is 0 Å². The highest BCUT2D eigenvalue weighted by Gasteiger charge is 2.59. The Morgan fingerprint density at radius 3 is 2.89 bits per heavy atom. The molecule has 0 aromatic carbocycles. The first kappa shape index (κ1) is 12.2. The maximum absolute atomic E-state index is 11.5. The fourth-order valence-corrected chi connectivity index (χ4v) is 4.52. The number of rotatable bonds is 2. The molecule has 3 bridgehead atoms. The van der Waals surface area contributed by atoms with Gasteiger partial charge >= 0.3 is 5.97 Å². The summed E-state index contributed by atoms with van der Waals surface area (Å²) >= 11 is 0. The SMILES string of the molecule is C=CC(=O)OC12CC(O)C3CCC(O)(CC3C1)C2. The lowest BCUT2D eigenvalue weighted by Gasteiger charge is -2.58. The molecule has 3 aliphatic carbocycles. The Labute approximate surface area is 107 Å². The molecule has 18 heavy (non-hydrogen) atoms. The number of esters is 1. The summed E-state index contributed by atoms with van der Waals surface area (Å²) in [6.07, 6.45) is 4.76. The minimum atomic E-state index is -0.707. The fourth-order valence-electron chi connectivity index (χ4n) is 4.52. The maximum atomic E-state index is 11.5. The van der Waals surface area contributed by atoms with Gasteiger partial charge in [0.05, 0.1) is 11.7 Å². The number of ether oxygens (including phenoxy) is 1. The van der Waals surface area contributed by atoms with Crippen molar-refractivity contribution in [2.24, 2.45) is 11.8 Å². The molecule has 0 radical (unpaired) electrons. The molecule has 100 valence electrons. The van der Waals surface area contributed by atoms with Crippen LogP contribution in [0.3, 0.4) is 0 Å². The van der Waals surface area contributed by atoms with Crippen molar-refractivity contribution < 1.29 is 19.7 Å². The maximum Gasteiger partial charge on any atom is 0.330 e. The predicted octanol–water partition coefficient (Wildman–Crippen LogP) is 1.16. The molecule has 0 saturated heterocycles. The molecule has 2 N–H and O–H groups in total. The van der Waals surface area contributed by atoms with E-state index in [9.17, 15) is 15.0 Å². The Bertz CT molecular complexity index is 389. The van der Waals surface area contributed by atoms with Crippen LogP contribution in [0.1, 0.15) is 38.5 Å². The van der Waals surface area contributed by atoms with E-state index in [-0.39, 0.29) is 11.8 Å². The first-order valence-corrected chi connectivity index (χ1v) is 6.71. The van der Waals surface area contributed by atoms with Crippen molar-refractivity contribution >= 4 is 5.97 Å². The molecule has 3 fully saturated rings. The molecule has 4 nitrogen and oxygen atoms in total. The van der Waals surface area contributed by atoms with Crippen molar-refractivity contribution in [1.82, 2.24) is 0 Å². The predicted molar refractivity (Wildman–Crippen MR) is 64.7 cm³/mol. The van der Waals surface area contributed by atoms with E-state index < -0.39 is 23.3 Å². The molecule has 4 heteroatoms. The topological polar surface area (TPSA) is 66.8 Å². The quantitative estimate of drug-likeness (QED) is 0.571. The zero-order valence-corrected chi connectivity index (χ0v) is 10.5. The highest BCUT2D eigenvalue weighted by molar-refractivity contribution is 5.81. The van der Waals surface area contributed by atoms with Crippen LogP contribution in [0.5, 0.6) is 0 Å². The summed E-state index contributed by atoms with van der Waals surface area (Å²) in [5.74, 6) is 0.0872. The van der Waals surface area contributed by atoms with E-state index in [4.69, 9.17) is 4.74 Å². The molecular weight excluding hydrogens is 232 g/mol. The fraction of sp³-hybridized carbons (Fsp3) is 0.786. The summed E-state index contributed by atoms with van der Waals surface area (Å²) in [5, 5.41) is 20.8. The van der Waals surface area contributed by atoms with E-state index in [2.05, 4.69) is 6.58 Å². The Morgan fingerprint density at radius 1 is 1.39 bits per heavy atom. The smallest absolute Gasteiger partial charge is 0.330 e. The largest absolute Gasteiger partial charge is 0.456 e. The summed E-state index contributed by atoms with van der Waals surface area (Å²) in [4.78, 5) is 11.5. The van der Waals surface area contributed by atoms with Gasteiger partial charge in [-0.25, -0.2) is 4.79 Å². The molecular formula is C14H20O4. The van der Waals surface area contributed by atoms with Crippen molar-refractivity contribution in [1.29, 1.82) is 0 Å². The number of carbonyl (C=O) groups excluding carboxylic acids is 1. The molecule has 5 atom stereocenters. The molecule has 5 unspecified atom stereocenters. The minimum absolute atomic E-state index is 0.265. The van der Waals surface area contributed by atoms with E-state index in [0.717, 1.165) is 25.3 Å². The Kier molecular flexibility index (Phi) is 2.58. The minimum Gasteiger partial charge on any atom is -0.456 e. The molecule has 3 saturated carbocycles. The highest BCUT2D eigenvalue weighted by atomic mass is 16.6. The van der Waals surface area contributed by atoms with Crippen molar-refractivity contribution in [3.05, 3.63) is 12.7 Å². The van der Waals surface area contributed by atoms with Crippen LogP contribution < -0.4 is 0 Å². The molecule has 0 aromatic rings. The summed E-state index contributed by atoms with van der Waals surface area (Å²) in [5.41, 5.74) is -1.39. The van der Waals surface area contributed by atoms with Crippen molar-refractivity contribution in [2.75, 3.05) is 0 Å². The van der Waals surface area contributed by atoms with Gasteiger partial charge in [0, 0.05) is 18.9 Å². The summed E-state index contributed by atoms with van der Waals surface area (Å²) in [7, 11) is 0. The van der Waals surface area contributed by atoms with Gasteiger partial charge in [-0.2, -0.15) is 0 Å². The molecule has 0 spiro atoms. The number of aliphatic hydroxyl groups is 2. The van der Waals surface area contributed by atoms with Gasteiger partial charge in [-0.05, 0) is 37.5 Å². The third-order valence-corrected chi connectivity index (χ3v) is 5.04. The third kappa shape index (κ3) is 1.79. The van der Waals surface area contributed by atoms with Crippen molar-refractivity contribution in [2.45, 2.75) is 55.8 Å². The standard InChI is InChI=1S/C14H20O4/c1-2-12(16)18-14-6-9-5-13(17,8-14)4-3-10(9)11(15)7-14/h2,9-11,15,17H,1,3-8H2. The average molecular weight is 252 g/mol. The van der Waals surface area contributed by atoms with E-state index in [1.165, 1.54) is 0 Å². The monoisotopic (exact) mass is 252 g/mol. The van der Waals surface area contributed by atoms with Crippen molar-refractivity contribution in [3.8, 4) is 0 Å². The Morgan fingerprint density at radius 2 is 2.17 bits per heavy atom. The van der Waals surface area contributed by atoms with E-state index in [1.54, 1.807) is 0 Å². The van der Waals surface area contributed by atoms with E-state index in [0.29, 0.717) is 19.3 Å². The molecule has 0 amide bonds. The lowest BCUT2D eigenvalue weighted by atomic mass is 9.53. The Hall–Kier alpha value is -0.870. The number of aliphatic hydroxyl groups excluding tert-OH is 1. The first-order chi connectivity index (χ1) is 8.45. The summed E-state index contributed by atoms with van der Waals surface area (Å²) < 4.78 is 5.51. The van der Waals surface area contributed by atoms with Crippen molar-refractivity contribution in [3.63, 3.8) is 0 Å². The normalized spacial score (nSPS) is 49.8. The number of fused-ring (bicyclic) bond motifs is 2. The van der Waals surface area contributed by atoms with Gasteiger partial charge < -0.3 is 14.9 Å². The van der Waals surface area contributed by atoms with Gasteiger partial charge in [0.2, 0.25) is 0 Å². The lowest BCUT2D eigenvalue weighted by Crippen LogP contribution is -2.61. The zero-order valence-electron chi connectivity index (χ0n) is 10.5. The van der Waals surface area contributed by atoms with Gasteiger partial charge in [0.1, 0.15) is 5.60 Å². The highest BCUT2D eigenvalue weighted by Crippen LogP contribution is 2.57. The van der Waals surface area contributed by atoms with Gasteiger partial charge in [-0.1, -0.05) is 6.58 Å². The van der Waals surface area contributed by atoms with Crippen LogP contribution in [0.25, 0.3) is 0 Å². The molecule has 3 rings (SSSR count). The lowest BCUT2D eigenvalue weighted by molar-refractivity contribution is -0.222. The van der Waals surface area contributed by atoms with Crippen LogP contribution in [0, 0.1) is 11.8 Å². The van der Waals surface area contributed by atoms with Crippen LogP contribution in [-0.2, 0) is 9.53 Å². The zero-order chi connectivity index (χ0) is 13.0. The van der Waals surface area contributed by atoms with E-state index in [1.807, 2.05) is 0 Å². The van der Waals surface area contributed by atoms with Crippen LogP contribution in [0.4, 0.5) is 0 Å². The Balaban J connectivity index is 1.90. The molecule has 0 aliphatic heterocycles.